The Morgan fingerprint density at radius 2 is 1.82 bits per heavy atom. The van der Waals surface area contributed by atoms with Crippen molar-refractivity contribution in [1.82, 2.24) is 9.88 Å². The first kappa shape index (κ1) is 22.2. The van der Waals surface area contributed by atoms with E-state index in [1.54, 1.807) is 67.0 Å². The Balaban J connectivity index is 1.62. The van der Waals surface area contributed by atoms with Gasteiger partial charge in [0.15, 0.2) is 0 Å². The zero-order valence-corrected chi connectivity index (χ0v) is 18.3. The summed E-state index contributed by atoms with van der Waals surface area (Å²) in [6.45, 7) is 0.144. The first-order valence-electron chi connectivity index (χ1n) is 10.3. The van der Waals surface area contributed by atoms with Crippen molar-refractivity contribution in [3.63, 3.8) is 0 Å². The number of benzene rings is 2. The number of nitrogens with zero attached hydrogens (tertiary/aromatic N) is 4. The number of hydrogen-bond donors (Lipinski definition) is 0. The minimum atomic E-state index is -0.937. The molecule has 4 rings (SSSR count). The maximum atomic E-state index is 13.3. The van der Waals surface area contributed by atoms with Gasteiger partial charge in [-0.15, -0.1) is 0 Å². The van der Waals surface area contributed by atoms with E-state index in [0.717, 1.165) is 16.0 Å². The predicted molar refractivity (Wildman–Crippen MR) is 122 cm³/mol. The lowest BCUT2D eigenvalue weighted by Crippen LogP contribution is -2.45. The molecule has 1 unspecified atom stereocenters. The van der Waals surface area contributed by atoms with E-state index in [-0.39, 0.29) is 25.3 Å². The molecule has 1 aliphatic heterocycles. The maximum absolute atomic E-state index is 13.3. The van der Waals surface area contributed by atoms with Crippen LogP contribution in [-0.4, -0.2) is 33.6 Å². The van der Waals surface area contributed by atoms with Gasteiger partial charge < -0.3 is 4.90 Å². The Bertz CT molecular complexity index is 1220. The van der Waals surface area contributed by atoms with Gasteiger partial charge >= 0.3 is 0 Å². The standard InChI is InChI=1S/C25H19ClN4O3/c26-20-7-3-17(4-8-20)12-23(31)29(16-19-2-1-11-28-15-19)22-13-24(32)30(25(22)33)21-9-5-18(14-27)6-10-21/h1-11,15,22H,12-13,16H2. The first-order valence-corrected chi connectivity index (χ1v) is 10.6. The van der Waals surface area contributed by atoms with E-state index in [0.29, 0.717) is 16.3 Å². The van der Waals surface area contributed by atoms with Gasteiger partial charge in [0.05, 0.1) is 30.2 Å². The molecule has 0 N–H and O–H groups in total. The molecule has 2 heterocycles. The molecule has 0 aliphatic carbocycles. The predicted octanol–water partition coefficient (Wildman–Crippen LogP) is 3.51. The van der Waals surface area contributed by atoms with Crippen LogP contribution in [0.2, 0.25) is 5.02 Å². The highest BCUT2D eigenvalue weighted by Gasteiger charge is 2.44. The highest BCUT2D eigenvalue weighted by molar-refractivity contribution is 6.30. The summed E-state index contributed by atoms with van der Waals surface area (Å²) in [7, 11) is 0. The van der Waals surface area contributed by atoms with Crippen molar-refractivity contribution in [2.75, 3.05) is 4.90 Å². The molecular formula is C25H19ClN4O3. The Hall–Kier alpha value is -4.02. The van der Waals surface area contributed by atoms with Gasteiger partial charge in [-0.05, 0) is 53.6 Å². The SMILES string of the molecule is N#Cc1ccc(N2C(=O)CC(N(Cc3cccnc3)C(=O)Cc3ccc(Cl)cc3)C2=O)cc1. The number of carbonyl (C=O) groups is 3. The van der Waals surface area contributed by atoms with E-state index >= 15 is 0 Å². The van der Waals surface area contributed by atoms with Gasteiger partial charge in [-0.2, -0.15) is 5.26 Å². The van der Waals surface area contributed by atoms with Gasteiger partial charge in [0.2, 0.25) is 11.8 Å². The average Bonchev–Trinajstić information content (AvgIpc) is 3.13. The van der Waals surface area contributed by atoms with Gasteiger partial charge in [-0.1, -0.05) is 29.8 Å². The van der Waals surface area contributed by atoms with Gasteiger partial charge in [0.1, 0.15) is 6.04 Å². The second-order valence-corrected chi connectivity index (χ2v) is 8.07. The molecule has 1 aliphatic rings. The second kappa shape index (κ2) is 9.63. The number of nitriles is 1. The van der Waals surface area contributed by atoms with Crippen LogP contribution in [-0.2, 0) is 27.3 Å². The largest absolute Gasteiger partial charge is 0.325 e. The summed E-state index contributed by atoms with van der Waals surface area (Å²) in [5.41, 5.74) is 2.30. The topological polar surface area (TPSA) is 94.4 Å². The van der Waals surface area contributed by atoms with Crippen LogP contribution in [0.25, 0.3) is 0 Å². The normalized spacial score (nSPS) is 15.4. The summed E-state index contributed by atoms with van der Waals surface area (Å²) in [4.78, 5) is 46.0. The third kappa shape index (κ3) is 4.92. The average molecular weight is 459 g/mol. The molecule has 7 nitrogen and oxygen atoms in total. The Labute approximate surface area is 195 Å². The highest BCUT2D eigenvalue weighted by atomic mass is 35.5. The van der Waals surface area contributed by atoms with Crippen LogP contribution in [0.3, 0.4) is 0 Å². The molecule has 3 amide bonds. The molecule has 2 aromatic carbocycles. The van der Waals surface area contributed by atoms with Crippen molar-refractivity contribution in [3.8, 4) is 6.07 Å². The van der Waals surface area contributed by atoms with Gasteiger partial charge in [0, 0.05) is 24.0 Å². The summed E-state index contributed by atoms with van der Waals surface area (Å²) >= 11 is 5.94. The fourth-order valence-electron chi connectivity index (χ4n) is 3.75. The molecule has 0 bridgehead atoms. The summed E-state index contributed by atoms with van der Waals surface area (Å²) < 4.78 is 0. The molecule has 0 spiro atoms. The molecule has 0 saturated carbocycles. The monoisotopic (exact) mass is 458 g/mol. The maximum Gasteiger partial charge on any atom is 0.257 e. The lowest BCUT2D eigenvalue weighted by Gasteiger charge is -2.28. The third-order valence-corrected chi connectivity index (χ3v) is 5.67. The van der Waals surface area contributed by atoms with Crippen molar-refractivity contribution in [2.45, 2.75) is 25.4 Å². The van der Waals surface area contributed by atoms with Crippen LogP contribution in [0.4, 0.5) is 5.69 Å². The number of halogens is 1. The lowest BCUT2D eigenvalue weighted by atomic mass is 10.1. The molecule has 1 saturated heterocycles. The van der Waals surface area contributed by atoms with Crippen LogP contribution < -0.4 is 4.90 Å². The van der Waals surface area contributed by atoms with Gasteiger partial charge in [0.25, 0.3) is 5.91 Å². The van der Waals surface area contributed by atoms with Crippen LogP contribution in [0.15, 0.2) is 73.1 Å². The molecule has 8 heteroatoms. The number of aromatic nitrogens is 1. The number of rotatable bonds is 6. The molecule has 164 valence electrons. The van der Waals surface area contributed by atoms with Crippen molar-refractivity contribution in [1.29, 1.82) is 5.26 Å². The van der Waals surface area contributed by atoms with E-state index in [2.05, 4.69) is 4.98 Å². The fourth-order valence-corrected chi connectivity index (χ4v) is 3.88. The molecule has 33 heavy (non-hydrogen) atoms. The number of imide groups is 1. The number of pyridine rings is 1. The Morgan fingerprint density at radius 1 is 1.09 bits per heavy atom. The molecule has 1 aromatic heterocycles. The van der Waals surface area contributed by atoms with Gasteiger partial charge in [-0.25, -0.2) is 4.90 Å². The Kier molecular flexibility index (Phi) is 6.48. The summed E-state index contributed by atoms with van der Waals surface area (Å²) in [5.74, 6) is -1.16. The smallest absolute Gasteiger partial charge is 0.257 e. The van der Waals surface area contributed by atoms with Crippen molar-refractivity contribution in [2.24, 2.45) is 0 Å². The minimum Gasteiger partial charge on any atom is -0.325 e. The number of anilines is 1. The summed E-state index contributed by atoms with van der Waals surface area (Å²) in [6, 6.07) is 17.7. The van der Waals surface area contributed by atoms with Crippen molar-refractivity contribution in [3.05, 3.63) is 94.8 Å². The van der Waals surface area contributed by atoms with Crippen LogP contribution in [0, 0.1) is 11.3 Å². The van der Waals surface area contributed by atoms with Crippen LogP contribution >= 0.6 is 11.6 Å². The summed E-state index contributed by atoms with van der Waals surface area (Å²) in [6.07, 6.45) is 3.19. The van der Waals surface area contributed by atoms with E-state index in [1.807, 2.05) is 12.1 Å². The van der Waals surface area contributed by atoms with Crippen molar-refractivity contribution < 1.29 is 14.4 Å². The van der Waals surface area contributed by atoms with E-state index < -0.39 is 17.9 Å². The van der Waals surface area contributed by atoms with E-state index in [9.17, 15) is 14.4 Å². The van der Waals surface area contributed by atoms with E-state index in [4.69, 9.17) is 16.9 Å². The van der Waals surface area contributed by atoms with Crippen LogP contribution in [0.5, 0.6) is 0 Å². The van der Waals surface area contributed by atoms with Crippen molar-refractivity contribution >= 4 is 35.0 Å². The van der Waals surface area contributed by atoms with Gasteiger partial charge in [-0.3, -0.25) is 19.4 Å². The zero-order valence-electron chi connectivity index (χ0n) is 17.5. The minimum absolute atomic E-state index is 0.0618. The highest BCUT2D eigenvalue weighted by Crippen LogP contribution is 2.27. The summed E-state index contributed by atoms with van der Waals surface area (Å²) in [5, 5.41) is 9.56. The number of carbonyl (C=O) groups excluding carboxylic acids is 3. The lowest BCUT2D eigenvalue weighted by molar-refractivity contribution is -0.138. The molecule has 1 atom stereocenters. The van der Waals surface area contributed by atoms with E-state index in [1.165, 1.54) is 4.90 Å². The molecule has 0 radical (unpaired) electrons. The molecule has 3 aromatic rings. The second-order valence-electron chi connectivity index (χ2n) is 7.63. The molecule has 1 fully saturated rings. The third-order valence-electron chi connectivity index (χ3n) is 5.42. The molecular weight excluding hydrogens is 440 g/mol. The number of amides is 3. The zero-order chi connectivity index (χ0) is 23.4. The number of hydrogen-bond acceptors (Lipinski definition) is 5. The van der Waals surface area contributed by atoms with Crippen LogP contribution in [0.1, 0.15) is 23.1 Å². The first-order chi connectivity index (χ1) is 16.0. The fraction of sp³-hybridized carbons (Fsp3) is 0.160. The quantitative estimate of drug-likeness (QED) is 0.527. The Morgan fingerprint density at radius 3 is 2.45 bits per heavy atom.